The second kappa shape index (κ2) is 3.57. The predicted octanol–water partition coefficient (Wildman–Crippen LogP) is 2.90. The van der Waals surface area contributed by atoms with Crippen molar-refractivity contribution in [2.75, 3.05) is 0 Å². The molecule has 0 aliphatic heterocycles. The van der Waals surface area contributed by atoms with Crippen LogP contribution in [0.25, 0.3) is 0 Å². The lowest BCUT2D eigenvalue weighted by Gasteiger charge is -2.33. The maximum Gasteiger partial charge on any atom is 0.420 e. The van der Waals surface area contributed by atoms with Crippen molar-refractivity contribution < 1.29 is 18.3 Å². The van der Waals surface area contributed by atoms with Crippen LogP contribution < -0.4 is 0 Å². The van der Waals surface area contributed by atoms with Gasteiger partial charge in [0.15, 0.2) is 5.60 Å². The summed E-state index contributed by atoms with van der Waals surface area (Å²) in [5.74, 6) is 0.474. The highest BCUT2D eigenvalue weighted by molar-refractivity contribution is 5.11. The van der Waals surface area contributed by atoms with E-state index in [1.807, 2.05) is 13.8 Å². The van der Waals surface area contributed by atoms with Gasteiger partial charge in [-0.3, -0.25) is 0 Å². The van der Waals surface area contributed by atoms with Gasteiger partial charge in [0, 0.05) is 0 Å². The molecule has 1 aliphatic rings. The first kappa shape index (κ1) is 11.6. The Kier molecular flexibility index (Phi) is 2.95. The Morgan fingerprint density at radius 3 is 2.29 bits per heavy atom. The Morgan fingerprint density at radius 2 is 2.00 bits per heavy atom. The minimum absolute atomic E-state index is 0.151. The molecular formula is C10H15F3O. The van der Waals surface area contributed by atoms with Gasteiger partial charge in [-0.1, -0.05) is 19.9 Å². The first-order valence-corrected chi connectivity index (χ1v) is 4.75. The molecule has 82 valence electrons. The third-order valence-electron chi connectivity index (χ3n) is 2.83. The monoisotopic (exact) mass is 208 g/mol. The number of alkyl halides is 3. The number of halogens is 3. The summed E-state index contributed by atoms with van der Waals surface area (Å²) in [6.45, 7) is 3.93. The third kappa shape index (κ3) is 2.11. The number of hydrogen-bond donors (Lipinski definition) is 1. The fourth-order valence-electron chi connectivity index (χ4n) is 1.64. The van der Waals surface area contributed by atoms with E-state index in [1.54, 1.807) is 0 Å². The minimum atomic E-state index is -4.55. The van der Waals surface area contributed by atoms with E-state index < -0.39 is 11.8 Å². The lowest BCUT2D eigenvalue weighted by atomic mass is 9.80. The normalized spacial score (nSPS) is 33.8. The van der Waals surface area contributed by atoms with E-state index in [0.29, 0.717) is 12.3 Å². The van der Waals surface area contributed by atoms with Crippen molar-refractivity contribution in [3.8, 4) is 0 Å². The zero-order valence-electron chi connectivity index (χ0n) is 8.30. The van der Waals surface area contributed by atoms with Crippen molar-refractivity contribution in [1.29, 1.82) is 0 Å². The molecule has 0 amide bonds. The van der Waals surface area contributed by atoms with E-state index in [1.165, 1.54) is 6.08 Å². The van der Waals surface area contributed by atoms with Crippen molar-refractivity contribution in [3.05, 3.63) is 12.2 Å². The summed E-state index contributed by atoms with van der Waals surface area (Å²) in [5.41, 5.74) is -2.60. The molecule has 0 saturated carbocycles. The van der Waals surface area contributed by atoms with Crippen LogP contribution in [0.15, 0.2) is 12.2 Å². The highest BCUT2D eigenvalue weighted by Gasteiger charge is 2.52. The molecular weight excluding hydrogens is 193 g/mol. The summed E-state index contributed by atoms with van der Waals surface area (Å²) in [7, 11) is 0. The van der Waals surface area contributed by atoms with Gasteiger partial charge in [-0.15, -0.1) is 0 Å². The van der Waals surface area contributed by atoms with Crippen molar-refractivity contribution in [3.63, 3.8) is 0 Å². The lowest BCUT2D eigenvalue weighted by Crippen LogP contribution is -2.45. The molecule has 0 aromatic heterocycles. The number of hydrogen-bond acceptors (Lipinski definition) is 1. The van der Waals surface area contributed by atoms with Crippen LogP contribution in [0.4, 0.5) is 13.2 Å². The quantitative estimate of drug-likeness (QED) is 0.657. The molecule has 0 radical (unpaired) electrons. The maximum atomic E-state index is 12.4. The van der Waals surface area contributed by atoms with Crippen LogP contribution in [0.1, 0.15) is 26.7 Å². The van der Waals surface area contributed by atoms with Crippen LogP contribution in [0, 0.1) is 11.8 Å². The first-order chi connectivity index (χ1) is 6.26. The van der Waals surface area contributed by atoms with Gasteiger partial charge >= 0.3 is 6.18 Å². The van der Waals surface area contributed by atoms with Gasteiger partial charge in [0.25, 0.3) is 0 Å². The second-order valence-electron chi connectivity index (χ2n) is 4.23. The number of allylic oxidation sites excluding steroid dienone is 1. The molecule has 1 rings (SSSR count). The van der Waals surface area contributed by atoms with Crippen LogP contribution >= 0.6 is 0 Å². The molecule has 0 spiro atoms. The standard InChI is InChI=1S/C10H15F3O/c1-7(2)8-3-5-9(14,6-4-8)10(11,12)13/h3,5,7-8,14H,4,6H2,1-2H3. The predicted molar refractivity (Wildman–Crippen MR) is 47.7 cm³/mol. The zero-order valence-corrected chi connectivity index (χ0v) is 8.30. The summed E-state index contributed by atoms with van der Waals surface area (Å²) in [6.07, 6.45) is -1.99. The van der Waals surface area contributed by atoms with Gasteiger partial charge in [0.1, 0.15) is 0 Å². The minimum Gasteiger partial charge on any atom is -0.377 e. The first-order valence-electron chi connectivity index (χ1n) is 4.75. The average molecular weight is 208 g/mol. The molecule has 0 heterocycles. The highest BCUT2D eigenvalue weighted by atomic mass is 19.4. The molecule has 0 bridgehead atoms. The molecule has 0 aromatic carbocycles. The van der Waals surface area contributed by atoms with Crippen molar-refractivity contribution in [2.45, 2.75) is 38.5 Å². The van der Waals surface area contributed by atoms with Crippen LogP contribution in [-0.4, -0.2) is 16.9 Å². The van der Waals surface area contributed by atoms with Gasteiger partial charge < -0.3 is 5.11 Å². The Hall–Kier alpha value is -0.510. The summed E-state index contributed by atoms with van der Waals surface area (Å²) in [5, 5.41) is 9.30. The molecule has 14 heavy (non-hydrogen) atoms. The van der Waals surface area contributed by atoms with E-state index in [2.05, 4.69) is 0 Å². The summed E-state index contributed by atoms with van der Waals surface area (Å²) < 4.78 is 37.1. The average Bonchev–Trinajstić information content (AvgIpc) is 2.03. The molecule has 0 saturated heterocycles. The molecule has 1 nitrogen and oxygen atoms in total. The van der Waals surface area contributed by atoms with E-state index in [0.717, 1.165) is 6.08 Å². The van der Waals surface area contributed by atoms with Crippen LogP contribution in [0.5, 0.6) is 0 Å². The summed E-state index contributed by atoms with van der Waals surface area (Å²) in [6, 6.07) is 0. The molecule has 1 N–H and O–H groups in total. The lowest BCUT2D eigenvalue weighted by molar-refractivity contribution is -0.244. The molecule has 0 fully saturated rings. The Labute approximate surface area is 81.6 Å². The van der Waals surface area contributed by atoms with Gasteiger partial charge in [-0.05, 0) is 30.8 Å². The van der Waals surface area contributed by atoms with E-state index >= 15 is 0 Å². The number of aliphatic hydroxyl groups is 1. The molecule has 2 atom stereocenters. The van der Waals surface area contributed by atoms with E-state index in [-0.39, 0.29) is 12.3 Å². The van der Waals surface area contributed by atoms with E-state index in [9.17, 15) is 18.3 Å². The van der Waals surface area contributed by atoms with Gasteiger partial charge in [-0.25, -0.2) is 0 Å². The summed E-state index contributed by atoms with van der Waals surface area (Å²) >= 11 is 0. The molecule has 1 aliphatic carbocycles. The SMILES string of the molecule is CC(C)C1C=CC(O)(C(F)(F)F)CC1. The molecule has 4 heteroatoms. The molecule has 2 unspecified atom stereocenters. The zero-order chi connectivity index (χ0) is 11.0. The fraction of sp³-hybridized carbons (Fsp3) is 0.800. The van der Waals surface area contributed by atoms with Crippen LogP contribution in [0.2, 0.25) is 0 Å². The second-order valence-corrected chi connectivity index (χ2v) is 4.23. The number of rotatable bonds is 1. The largest absolute Gasteiger partial charge is 0.420 e. The van der Waals surface area contributed by atoms with Crippen molar-refractivity contribution in [2.24, 2.45) is 11.8 Å². The Bertz CT molecular complexity index is 232. The smallest absolute Gasteiger partial charge is 0.377 e. The van der Waals surface area contributed by atoms with Gasteiger partial charge in [-0.2, -0.15) is 13.2 Å². The Balaban J connectivity index is 2.77. The van der Waals surface area contributed by atoms with Crippen molar-refractivity contribution in [1.82, 2.24) is 0 Å². The van der Waals surface area contributed by atoms with Gasteiger partial charge in [0.05, 0.1) is 0 Å². The Morgan fingerprint density at radius 1 is 1.43 bits per heavy atom. The van der Waals surface area contributed by atoms with Crippen LogP contribution in [-0.2, 0) is 0 Å². The summed E-state index contributed by atoms with van der Waals surface area (Å²) in [4.78, 5) is 0. The van der Waals surface area contributed by atoms with Crippen molar-refractivity contribution >= 4 is 0 Å². The van der Waals surface area contributed by atoms with Gasteiger partial charge in [0.2, 0.25) is 0 Å². The third-order valence-corrected chi connectivity index (χ3v) is 2.83. The molecule has 0 aromatic rings. The van der Waals surface area contributed by atoms with Crippen LogP contribution in [0.3, 0.4) is 0 Å². The fourth-order valence-corrected chi connectivity index (χ4v) is 1.64. The highest BCUT2D eigenvalue weighted by Crippen LogP contribution is 2.40. The maximum absolute atomic E-state index is 12.4. The van der Waals surface area contributed by atoms with E-state index in [4.69, 9.17) is 0 Å². The topological polar surface area (TPSA) is 20.2 Å².